The van der Waals surface area contributed by atoms with Gasteiger partial charge in [0.05, 0.1) is 23.2 Å². The van der Waals surface area contributed by atoms with E-state index in [1.54, 1.807) is 11.8 Å². The fraction of sp³-hybridized carbons (Fsp3) is 0.417. The van der Waals surface area contributed by atoms with Gasteiger partial charge >= 0.3 is 0 Å². The van der Waals surface area contributed by atoms with Crippen LogP contribution >= 0.6 is 23.5 Å². The standard InChI is InChI=1S/C12H16N4OS2/c1-8(5-6-13)18-7-11(17)14-9-3-2-4-10-12(9)16-19-15-10/h2-4,8H,5-7,13H2,1H3,(H,14,17). The van der Waals surface area contributed by atoms with Gasteiger partial charge in [-0.05, 0) is 25.1 Å². The predicted octanol–water partition coefficient (Wildman–Crippen LogP) is 2.10. The van der Waals surface area contributed by atoms with Gasteiger partial charge in [-0.1, -0.05) is 13.0 Å². The lowest BCUT2D eigenvalue weighted by atomic mass is 10.2. The predicted molar refractivity (Wildman–Crippen MR) is 81.6 cm³/mol. The third-order valence-electron chi connectivity index (χ3n) is 2.63. The van der Waals surface area contributed by atoms with Gasteiger partial charge in [-0.25, -0.2) is 0 Å². The first-order valence-electron chi connectivity index (χ1n) is 6.03. The summed E-state index contributed by atoms with van der Waals surface area (Å²) in [5.74, 6) is 0.407. The Balaban J connectivity index is 1.93. The number of thioether (sulfide) groups is 1. The molecule has 1 atom stereocenters. The van der Waals surface area contributed by atoms with Gasteiger partial charge in [-0.2, -0.15) is 8.75 Å². The summed E-state index contributed by atoms with van der Waals surface area (Å²) in [5.41, 5.74) is 7.77. The molecule has 19 heavy (non-hydrogen) atoms. The lowest BCUT2D eigenvalue weighted by Crippen LogP contribution is -2.17. The molecule has 1 aromatic heterocycles. The van der Waals surface area contributed by atoms with Crippen LogP contribution in [0, 0.1) is 0 Å². The number of aromatic nitrogens is 2. The van der Waals surface area contributed by atoms with E-state index in [2.05, 4.69) is 21.0 Å². The molecule has 7 heteroatoms. The average Bonchev–Trinajstić information content (AvgIpc) is 2.86. The number of hydrogen-bond donors (Lipinski definition) is 2. The summed E-state index contributed by atoms with van der Waals surface area (Å²) in [6.45, 7) is 2.73. The summed E-state index contributed by atoms with van der Waals surface area (Å²) < 4.78 is 8.33. The number of benzene rings is 1. The van der Waals surface area contributed by atoms with Crippen LogP contribution in [0.15, 0.2) is 18.2 Å². The summed E-state index contributed by atoms with van der Waals surface area (Å²) in [7, 11) is 0. The van der Waals surface area contributed by atoms with Gasteiger partial charge in [-0.15, -0.1) is 11.8 Å². The molecule has 2 aromatic rings. The summed E-state index contributed by atoms with van der Waals surface area (Å²) in [6.07, 6.45) is 0.920. The van der Waals surface area contributed by atoms with Gasteiger partial charge in [0, 0.05) is 5.25 Å². The molecular formula is C12H16N4OS2. The molecule has 0 aliphatic rings. The van der Waals surface area contributed by atoms with E-state index in [0.717, 1.165) is 34.9 Å². The first kappa shape index (κ1) is 14.2. The molecule has 0 spiro atoms. The van der Waals surface area contributed by atoms with Crippen molar-refractivity contribution in [2.75, 3.05) is 17.6 Å². The molecule has 0 radical (unpaired) electrons. The van der Waals surface area contributed by atoms with Crippen molar-refractivity contribution in [3.05, 3.63) is 18.2 Å². The van der Waals surface area contributed by atoms with Crippen LogP contribution in [-0.2, 0) is 4.79 Å². The zero-order chi connectivity index (χ0) is 13.7. The molecule has 0 fully saturated rings. The average molecular weight is 296 g/mol. The number of fused-ring (bicyclic) bond motifs is 1. The topological polar surface area (TPSA) is 80.9 Å². The quantitative estimate of drug-likeness (QED) is 0.853. The van der Waals surface area contributed by atoms with Crippen LogP contribution < -0.4 is 11.1 Å². The van der Waals surface area contributed by atoms with E-state index in [9.17, 15) is 4.79 Å². The molecule has 102 valence electrons. The minimum Gasteiger partial charge on any atom is -0.330 e. The maximum absolute atomic E-state index is 11.9. The molecule has 1 amide bonds. The van der Waals surface area contributed by atoms with Crippen molar-refractivity contribution in [1.82, 2.24) is 8.75 Å². The molecule has 0 bridgehead atoms. The van der Waals surface area contributed by atoms with Crippen molar-refractivity contribution in [2.24, 2.45) is 5.73 Å². The monoisotopic (exact) mass is 296 g/mol. The van der Waals surface area contributed by atoms with Crippen molar-refractivity contribution >= 4 is 46.1 Å². The van der Waals surface area contributed by atoms with Crippen LogP contribution in [0.3, 0.4) is 0 Å². The van der Waals surface area contributed by atoms with Crippen LogP contribution in [0.25, 0.3) is 11.0 Å². The van der Waals surface area contributed by atoms with Crippen molar-refractivity contribution < 1.29 is 4.79 Å². The number of carbonyl (C=O) groups is 1. The molecule has 0 aliphatic heterocycles. The van der Waals surface area contributed by atoms with Crippen molar-refractivity contribution in [1.29, 1.82) is 0 Å². The maximum atomic E-state index is 11.9. The molecule has 1 aromatic carbocycles. The van der Waals surface area contributed by atoms with Gasteiger partial charge in [0.2, 0.25) is 5.91 Å². The Bertz CT molecular complexity index is 557. The number of carbonyl (C=O) groups excluding carboxylic acids is 1. The van der Waals surface area contributed by atoms with E-state index < -0.39 is 0 Å². The molecule has 2 rings (SSSR count). The second-order valence-corrected chi connectivity index (χ2v) is 6.14. The van der Waals surface area contributed by atoms with E-state index in [4.69, 9.17) is 5.73 Å². The number of nitrogens with two attached hydrogens (primary N) is 1. The lowest BCUT2D eigenvalue weighted by molar-refractivity contribution is -0.113. The Morgan fingerprint density at radius 3 is 3.16 bits per heavy atom. The fourth-order valence-electron chi connectivity index (χ4n) is 1.63. The molecule has 0 saturated heterocycles. The third kappa shape index (κ3) is 3.89. The van der Waals surface area contributed by atoms with Crippen molar-refractivity contribution in [3.8, 4) is 0 Å². The summed E-state index contributed by atoms with van der Waals surface area (Å²) in [5, 5.41) is 3.28. The lowest BCUT2D eigenvalue weighted by Gasteiger charge is -2.10. The molecule has 3 N–H and O–H groups in total. The largest absolute Gasteiger partial charge is 0.330 e. The van der Waals surface area contributed by atoms with Crippen molar-refractivity contribution in [2.45, 2.75) is 18.6 Å². The molecular weight excluding hydrogens is 280 g/mol. The first-order valence-corrected chi connectivity index (χ1v) is 7.81. The van der Waals surface area contributed by atoms with Crippen LogP contribution in [0.1, 0.15) is 13.3 Å². The zero-order valence-corrected chi connectivity index (χ0v) is 12.3. The highest BCUT2D eigenvalue weighted by molar-refractivity contribution is 8.00. The maximum Gasteiger partial charge on any atom is 0.234 e. The van der Waals surface area contributed by atoms with Gasteiger partial charge in [-0.3, -0.25) is 4.79 Å². The highest BCUT2D eigenvalue weighted by atomic mass is 32.2. The second-order valence-electron chi connectivity index (χ2n) is 4.18. The Morgan fingerprint density at radius 2 is 2.37 bits per heavy atom. The van der Waals surface area contributed by atoms with Crippen LogP contribution in [-0.4, -0.2) is 32.2 Å². The number of rotatable bonds is 6. The molecule has 5 nitrogen and oxygen atoms in total. The van der Waals surface area contributed by atoms with E-state index in [-0.39, 0.29) is 5.91 Å². The Kier molecular flexibility index (Phi) is 5.12. The van der Waals surface area contributed by atoms with E-state index in [1.807, 2.05) is 18.2 Å². The highest BCUT2D eigenvalue weighted by Crippen LogP contribution is 2.21. The highest BCUT2D eigenvalue weighted by Gasteiger charge is 2.10. The van der Waals surface area contributed by atoms with Gasteiger partial charge in [0.15, 0.2) is 0 Å². The van der Waals surface area contributed by atoms with Crippen LogP contribution in [0.4, 0.5) is 5.69 Å². The molecule has 0 aliphatic carbocycles. The number of nitrogens with zero attached hydrogens (tertiary/aromatic N) is 2. The normalized spacial score (nSPS) is 12.5. The Hall–Kier alpha value is -1.18. The molecule has 1 heterocycles. The van der Waals surface area contributed by atoms with Crippen LogP contribution in [0.2, 0.25) is 0 Å². The van der Waals surface area contributed by atoms with Crippen LogP contribution in [0.5, 0.6) is 0 Å². The minimum absolute atomic E-state index is 0.0191. The SMILES string of the molecule is CC(CCN)SCC(=O)Nc1cccc2nsnc12. The molecule has 1 unspecified atom stereocenters. The zero-order valence-electron chi connectivity index (χ0n) is 10.6. The summed E-state index contributed by atoms with van der Waals surface area (Å²) in [6, 6.07) is 5.59. The van der Waals surface area contributed by atoms with E-state index >= 15 is 0 Å². The van der Waals surface area contributed by atoms with Gasteiger partial charge in [0.25, 0.3) is 0 Å². The number of hydrogen-bond acceptors (Lipinski definition) is 6. The van der Waals surface area contributed by atoms with Gasteiger partial charge < -0.3 is 11.1 Å². The van der Waals surface area contributed by atoms with Crippen molar-refractivity contribution in [3.63, 3.8) is 0 Å². The first-order chi connectivity index (χ1) is 9.20. The number of nitrogens with one attached hydrogen (secondary N) is 1. The second kappa shape index (κ2) is 6.83. The fourth-order valence-corrected chi connectivity index (χ4v) is 2.99. The number of anilines is 1. The third-order valence-corrected chi connectivity index (χ3v) is 4.41. The minimum atomic E-state index is -0.0191. The van der Waals surface area contributed by atoms with Gasteiger partial charge in [0.1, 0.15) is 11.0 Å². The Morgan fingerprint density at radius 1 is 1.53 bits per heavy atom. The van der Waals surface area contributed by atoms with E-state index in [1.165, 1.54) is 0 Å². The summed E-state index contributed by atoms with van der Waals surface area (Å²) >= 11 is 2.76. The smallest absolute Gasteiger partial charge is 0.234 e. The number of amides is 1. The van der Waals surface area contributed by atoms with E-state index in [0.29, 0.717) is 17.5 Å². The Labute approximate surface area is 120 Å². The summed E-state index contributed by atoms with van der Waals surface area (Å²) in [4.78, 5) is 11.9. The molecule has 0 saturated carbocycles.